The molecule has 1 fully saturated rings. The van der Waals surface area contributed by atoms with Gasteiger partial charge in [0.1, 0.15) is 16.5 Å². The minimum Gasteiger partial charge on any atom is -0.480 e. The van der Waals surface area contributed by atoms with Crippen LogP contribution >= 0.6 is 34.5 Å². The number of piperidine rings is 1. The van der Waals surface area contributed by atoms with E-state index in [0.29, 0.717) is 36.4 Å². The van der Waals surface area contributed by atoms with Crippen molar-refractivity contribution in [2.75, 3.05) is 25.0 Å². The van der Waals surface area contributed by atoms with E-state index in [1.807, 2.05) is 0 Å². The van der Waals surface area contributed by atoms with Gasteiger partial charge in [-0.2, -0.15) is 0 Å². The van der Waals surface area contributed by atoms with Crippen LogP contribution in [0, 0.1) is 16.0 Å². The lowest BCUT2D eigenvalue weighted by Crippen LogP contribution is -2.44. The molecule has 1 unspecified atom stereocenters. The van der Waals surface area contributed by atoms with Gasteiger partial charge < -0.3 is 30.3 Å². The van der Waals surface area contributed by atoms with Crippen LogP contribution in [0.15, 0.2) is 42.5 Å². The number of benzene rings is 2. The molecule has 0 aliphatic carbocycles. The lowest BCUT2D eigenvalue weighted by atomic mass is 9.91. The van der Waals surface area contributed by atoms with Crippen LogP contribution in [0.5, 0.6) is 11.5 Å². The Kier molecular flexibility index (Phi) is 9.65. The number of aliphatic carboxylic acids is 1. The van der Waals surface area contributed by atoms with Crippen LogP contribution in [0.4, 0.5) is 11.4 Å². The van der Waals surface area contributed by atoms with Crippen LogP contribution < -0.4 is 20.1 Å². The van der Waals surface area contributed by atoms with Gasteiger partial charge in [-0.15, -0.1) is 11.3 Å². The first kappa shape index (κ1) is 30.1. The summed E-state index contributed by atoms with van der Waals surface area (Å²) in [6.07, 6.45) is 0.186. The Morgan fingerprint density at radius 3 is 2.54 bits per heavy atom. The molecule has 0 saturated carbocycles. The number of ether oxygens (including phenoxy) is 2. The fourth-order valence-electron chi connectivity index (χ4n) is 4.32. The van der Waals surface area contributed by atoms with Gasteiger partial charge in [0.2, 0.25) is 0 Å². The molecule has 41 heavy (non-hydrogen) atoms. The van der Waals surface area contributed by atoms with Crippen LogP contribution in [0.2, 0.25) is 10.0 Å². The first-order valence-electron chi connectivity index (χ1n) is 12.2. The molecule has 0 spiro atoms. The summed E-state index contributed by atoms with van der Waals surface area (Å²) in [5.74, 6) is -3.46. The number of carboxylic acid groups (broad SMARTS) is 2. The minimum absolute atomic E-state index is 0.0655. The van der Waals surface area contributed by atoms with Crippen LogP contribution in [-0.2, 0) is 9.59 Å². The third-order valence-electron chi connectivity index (χ3n) is 6.19. The summed E-state index contributed by atoms with van der Waals surface area (Å²) in [5, 5.41) is 36.0. The molecular weight excluding hydrogens is 601 g/mol. The van der Waals surface area contributed by atoms with E-state index in [0.717, 1.165) is 11.3 Å². The number of carbonyl (C=O) groups excluding carboxylic acids is 1. The number of aromatic carboxylic acids is 1. The third kappa shape index (κ3) is 7.24. The zero-order valence-corrected chi connectivity index (χ0v) is 23.4. The summed E-state index contributed by atoms with van der Waals surface area (Å²) < 4.78 is 11.3. The number of nitro groups is 1. The third-order valence-corrected chi connectivity index (χ3v) is 8.10. The van der Waals surface area contributed by atoms with E-state index in [9.17, 15) is 29.6 Å². The number of anilines is 1. The summed E-state index contributed by atoms with van der Waals surface area (Å²) in [5.41, 5.74) is 0.0562. The summed E-state index contributed by atoms with van der Waals surface area (Å²) in [4.78, 5) is 47.1. The quantitative estimate of drug-likeness (QED) is 0.164. The minimum atomic E-state index is -1.34. The number of amides is 1. The summed E-state index contributed by atoms with van der Waals surface area (Å²) in [6, 6.07) is 10.3. The maximum atomic E-state index is 13.5. The molecule has 2 aromatic carbocycles. The van der Waals surface area contributed by atoms with E-state index >= 15 is 0 Å². The Balaban J connectivity index is 1.65. The number of halogens is 2. The highest BCUT2D eigenvalue weighted by molar-refractivity contribution is 7.18. The fourth-order valence-corrected chi connectivity index (χ4v) is 5.90. The smallest absolute Gasteiger partial charge is 0.349 e. The first-order chi connectivity index (χ1) is 19.5. The number of carboxylic acids is 2. The van der Waals surface area contributed by atoms with Crippen molar-refractivity contribution < 1.29 is 39.0 Å². The van der Waals surface area contributed by atoms with E-state index < -0.39 is 35.5 Å². The van der Waals surface area contributed by atoms with E-state index in [-0.39, 0.29) is 43.7 Å². The molecule has 1 saturated heterocycles. The van der Waals surface area contributed by atoms with Crippen molar-refractivity contribution >= 4 is 63.8 Å². The molecule has 15 heteroatoms. The molecule has 216 valence electrons. The number of nitrogens with zero attached hydrogens (tertiary/aromatic N) is 1. The van der Waals surface area contributed by atoms with Gasteiger partial charge in [0.05, 0.1) is 9.80 Å². The van der Waals surface area contributed by atoms with Crippen molar-refractivity contribution in [3.8, 4) is 21.9 Å². The van der Waals surface area contributed by atoms with Crippen LogP contribution in [0.25, 0.3) is 10.4 Å². The average molecular weight is 624 g/mol. The molecule has 3 aromatic rings. The van der Waals surface area contributed by atoms with Gasteiger partial charge in [0, 0.05) is 17.0 Å². The molecule has 4 rings (SSSR count). The van der Waals surface area contributed by atoms with E-state index in [1.165, 1.54) is 18.2 Å². The lowest BCUT2D eigenvalue weighted by Gasteiger charge is -2.30. The van der Waals surface area contributed by atoms with Crippen molar-refractivity contribution in [1.82, 2.24) is 5.32 Å². The molecule has 0 radical (unpaired) electrons. The predicted molar refractivity (Wildman–Crippen MR) is 152 cm³/mol. The summed E-state index contributed by atoms with van der Waals surface area (Å²) in [7, 11) is 0. The van der Waals surface area contributed by atoms with Crippen molar-refractivity contribution in [2.24, 2.45) is 5.92 Å². The van der Waals surface area contributed by atoms with E-state index in [4.69, 9.17) is 37.8 Å². The van der Waals surface area contributed by atoms with Crippen molar-refractivity contribution in [1.29, 1.82) is 0 Å². The number of rotatable bonds is 11. The van der Waals surface area contributed by atoms with Gasteiger partial charge in [-0.3, -0.25) is 14.9 Å². The highest BCUT2D eigenvalue weighted by Crippen LogP contribution is 2.46. The van der Waals surface area contributed by atoms with E-state index in [1.54, 1.807) is 24.3 Å². The highest BCUT2D eigenvalue weighted by atomic mass is 35.5. The van der Waals surface area contributed by atoms with Crippen LogP contribution in [0.3, 0.4) is 0 Å². The summed E-state index contributed by atoms with van der Waals surface area (Å²) in [6.45, 7) is 0.519. The Morgan fingerprint density at radius 2 is 1.88 bits per heavy atom. The average Bonchev–Trinajstić information content (AvgIpc) is 3.27. The number of carbonyl (C=O) groups is 3. The number of nitro benzene ring substituents is 1. The Bertz CT molecular complexity index is 1490. The van der Waals surface area contributed by atoms with Gasteiger partial charge in [-0.25, -0.2) is 9.59 Å². The molecule has 1 amide bonds. The number of nitrogens with one attached hydrogen (secondary N) is 2. The van der Waals surface area contributed by atoms with Crippen LogP contribution in [-0.4, -0.2) is 58.8 Å². The van der Waals surface area contributed by atoms with Gasteiger partial charge in [-0.1, -0.05) is 35.3 Å². The Hall–Kier alpha value is -3.91. The largest absolute Gasteiger partial charge is 0.480 e. The van der Waals surface area contributed by atoms with Crippen molar-refractivity contribution in [3.63, 3.8) is 0 Å². The summed E-state index contributed by atoms with van der Waals surface area (Å²) >= 11 is 13.2. The van der Waals surface area contributed by atoms with Gasteiger partial charge in [-0.05, 0) is 55.8 Å². The van der Waals surface area contributed by atoms with Crippen molar-refractivity contribution in [2.45, 2.75) is 18.9 Å². The van der Waals surface area contributed by atoms with Gasteiger partial charge in [0.25, 0.3) is 11.6 Å². The Morgan fingerprint density at radius 1 is 1.15 bits per heavy atom. The molecule has 12 nitrogen and oxygen atoms in total. The predicted octanol–water partition coefficient (Wildman–Crippen LogP) is 5.18. The highest BCUT2D eigenvalue weighted by Gasteiger charge is 2.33. The molecular formula is C26H23Cl2N3O9S. The monoisotopic (exact) mass is 623 g/mol. The molecule has 1 aliphatic heterocycles. The topological polar surface area (TPSA) is 177 Å². The maximum absolute atomic E-state index is 13.5. The van der Waals surface area contributed by atoms with Crippen molar-refractivity contribution in [3.05, 3.63) is 67.5 Å². The number of hydrogen-bond donors (Lipinski definition) is 4. The number of hydrogen-bond acceptors (Lipinski definition) is 9. The lowest BCUT2D eigenvalue weighted by molar-refractivity contribution is -0.383. The SMILES string of the molecule is O=C(O)COc1c(C(=O)O)sc(-c2cccc(OC(C(=O)Nc3cc(Cl)ccc3[N+](=O)[O-])C3CCNCC3)c2)c1Cl. The second kappa shape index (κ2) is 13.2. The van der Waals surface area contributed by atoms with Gasteiger partial charge >= 0.3 is 11.9 Å². The number of thiophene rings is 1. The molecule has 4 N–H and O–H groups in total. The molecule has 1 atom stereocenters. The fraction of sp³-hybridized carbons (Fsp3) is 0.269. The first-order valence-corrected chi connectivity index (χ1v) is 13.7. The zero-order chi connectivity index (χ0) is 29.7. The van der Waals surface area contributed by atoms with E-state index in [2.05, 4.69) is 10.6 Å². The normalized spacial score (nSPS) is 14.2. The molecule has 2 heterocycles. The standard InChI is InChI=1S/C26H23Cl2N3O9S/c27-15-4-5-18(31(37)38)17(11-15)30-25(34)21(13-6-8-29-9-7-13)40-16-3-1-2-14(10-16)23-20(28)22(39-12-19(32)33)24(41-23)26(35)36/h1-5,10-11,13,21,29H,6-9,12H2,(H,30,34)(H,32,33)(H,35,36). The molecule has 0 bridgehead atoms. The second-order valence-electron chi connectivity index (χ2n) is 8.95. The zero-order valence-electron chi connectivity index (χ0n) is 21.1. The Labute approximate surface area is 246 Å². The molecule has 1 aromatic heterocycles. The molecule has 1 aliphatic rings. The second-order valence-corrected chi connectivity index (χ2v) is 10.8. The maximum Gasteiger partial charge on any atom is 0.349 e. The van der Waals surface area contributed by atoms with Gasteiger partial charge in [0.15, 0.2) is 23.3 Å². The van der Waals surface area contributed by atoms with Crippen LogP contribution in [0.1, 0.15) is 22.5 Å².